The van der Waals surface area contributed by atoms with Crippen molar-refractivity contribution < 1.29 is 0 Å². The lowest BCUT2D eigenvalue weighted by Gasteiger charge is -2.19. The van der Waals surface area contributed by atoms with Crippen molar-refractivity contribution in [3.05, 3.63) is 99.3 Å². The second-order valence-electron chi connectivity index (χ2n) is 8.46. The molecule has 0 fully saturated rings. The Morgan fingerprint density at radius 2 is 1.50 bits per heavy atom. The van der Waals surface area contributed by atoms with Crippen LogP contribution in [-0.2, 0) is 12.0 Å². The molecule has 0 spiro atoms. The number of fused-ring (bicyclic) bond motifs is 1. The first kappa shape index (κ1) is 20.7. The van der Waals surface area contributed by atoms with Crippen LogP contribution in [0.4, 0.5) is 0 Å². The van der Waals surface area contributed by atoms with E-state index in [4.69, 9.17) is 28.2 Å². The third-order valence-electron chi connectivity index (χ3n) is 5.24. The third-order valence-corrected chi connectivity index (χ3v) is 5.90. The van der Waals surface area contributed by atoms with Crippen LogP contribution >= 0.6 is 23.2 Å². The molecule has 0 aliphatic heterocycles. The van der Waals surface area contributed by atoms with Crippen molar-refractivity contribution in [3.63, 3.8) is 0 Å². The van der Waals surface area contributed by atoms with Gasteiger partial charge < -0.3 is 4.57 Å². The zero-order valence-electron chi connectivity index (χ0n) is 17.4. The maximum Gasteiger partial charge on any atom is 0.134 e. The van der Waals surface area contributed by atoms with Crippen molar-refractivity contribution in [2.45, 2.75) is 32.7 Å². The molecule has 2 nitrogen and oxygen atoms in total. The Labute approximate surface area is 187 Å². The van der Waals surface area contributed by atoms with Crippen molar-refractivity contribution in [1.29, 1.82) is 0 Å². The van der Waals surface area contributed by atoms with Crippen LogP contribution in [0.1, 0.15) is 43.3 Å². The molecule has 0 N–H and O–H groups in total. The highest BCUT2D eigenvalue weighted by atomic mass is 35.5. The summed E-state index contributed by atoms with van der Waals surface area (Å²) in [4.78, 5) is 4.83. The Morgan fingerprint density at radius 3 is 2.17 bits per heavy atom. The minimum atomic E-state index is 0.141. The average Bonchev–Trinajstić information content (AvgIpc) is 3.05. The maximum absolute atomic E-state index is 6.33. The number of benzene rings is 3. The summed E-state index contributed by atoms with van der Waals surface area (Å²) in [5.41, 5.74) is 5.57. The summed E-state index contributed by atoms with van der Waals surface area (Å²) >= 11 is 12.7. The quantitative estimate of drug-likeness (QED) is 0.319. The van der Waals surface area contributed by atoms with Crippen LogP contribution in [-0.4, -0.2) is 9.55 Å². The minimum Gasteiger partial charge on any atom is -0.320 e. The fourth-order valence-corrected chi connectivity index (χ4v) is 4.03. The van der Waals surface area contributed by atoms with Crippen LogP contribution in [0.25, 0.3) is 23.2 Å². The van der Waals surface area contributed by atoms with Crippen LogP contribution in [0.3, 0.4) is 0 Å². The second kappa shape index (κ2) is 8.29. The standard InChI is InChI=1S/C26H24Cl2N2/c1-26(2,3)19-13-11-18(12-14-19)17-30-24-10-5-4-9-23(24)29-25(30)16-15-20-21(27)7-6-8-22(20)28/h4-16H,17H2,1-3H3/b16-15+. The van der Waals surface area contributed by atoms with Gasteiger partial charge in [0, 0.05) is 22.2 Å². The van der Waals surface area contributed by atoms with E-state index in [-0.39, 0.29) is 5.41 Å². The van der Waals surface area contributed by atoms with E-state index < -0.39 is 0 Å². The highest BCUT2D eigenvalue weighted by Gasteiger charge is 2.14. The van der Waals surface area contributed by atoms with Gasteiger partial charge in [0.25, 0.3) is 0 Å². The topological polar surface area (TPSA) is 17.8 Å². The normalized spacial score (nSPS) is 12.2. The highest BCUT2D eigenvalue weighted by molar-refractivity contribution is 6.37. The van der Waals surface area contributed by atoms with E-state index in [2.05, 4.69) is 55.7 Å². The Morgan fingerprint density at radius 1 is 0.833 bits per heavy atom. The van der Waals surface area contributed by atoms with Gasteiger partial charge in [0.15, 0.2) is 0 Å². The minimum absolute atomic E-state index is 0.141. The van der Waals surface area contributed by atoms with E-state index in [0.717, 1.165) is 29.0 Å². The lowest BCUT2D eigenvalue weighted by Crippen LogP contribution is -2.11. The Balaban J connectivity index is 1.73. The van der Waals surface area contributed by atoms with Crippen molar-refractivity contribution >= 4 is 46.4 Å². The van der Waals surface area contributed by atoms with E-state index in [9.17, 15) is 0 Å². The van der Waals surface area contributed by atoms with E-state index in [1.165, 1.54) is 11.1 Å². The number of halogens is 2. The summed E-state index contributed by atoms with van der Waals surface area (Å²) in [5.74, 6) is 0.868. The van der Waals surface area contributed by atoms with Crippen LogP contribution in [0, 0.1) is 0 Å². The molecule has 0 aliphatic carbocycles. The Kier molecular flexibility index (Phi) is 5.73. The fourth-order valence-electron chi connectivity index (χ4n) is 3.51. The molecule has 0 saturated heterocycles. The molecule has 1 heterocycles. The number of para-hydroxylation sites is 2. The predicted molar refractivity (Wildman–Crippen MR) is 129 cm³/mol. The Bertz CT molecular complexity index is 1190. The molecule has 0 atom stereocenters. The molecule has 0 saturated carbocycles. The van der Waals surface area contributed by atoms with E-state index in [0.29, 0.717) is 10.0 Å². The van der Waals surface area contributed by atoms with Gasteiger partial charge in [0.2, 0.25) is 0 Å². The van der Waals surface area contributed by atoms with Gasteiger partial charge in [-0.1, -0.05) is 86.4 Å². The molecule has 0 amide bonds. The first-order valence-electron chi connectivity index (χ1n) is 10.00. The van der Waals surface area contributed by atoms with Crippen molar-refractivity contribution in [1.82, 2.24) is 9.55 Å². The smallest absolute Gasteiger partial charge is 0.134 e. The molecular weight excluding hydrogens is 411 g/mol. The van der Waals surface area contributed by atoms with Gasteiger partial charge in [0.1, 0.15) is 5.82 Å². The lowest BCUT2D eigenvalue weighted by molar-refractivity contribution is 0.590. The summed E-state index contributed by atoms with van der Waals surface area (Å²) in [6.07, 6.45) is 3.92. The van der Waals surface area contributed by atoms with Gasteiger partial charge >= 0.3 is 0 Å². The molecule has 3 aromatic carbocycles. The van der Waals surface area contributed by atoms with Crippen LogP contribution < -0.4 is 0 Å². The average molecular weight is 435 g/mol. The molecule has 0 unspecified atom stereocenters. The van der Waals surface area contributed by atoms with Crippen molar-refractivity contribution in [2.75, 3.05) is 0 Å². The first-order valence-corrected chi connectivity index (χ1v) is 10.8. The molecule has 1 aromatic heterocycles. The second-order valence-corrected chi connectivity index (χ2v) is 9.27. The summed E-state index contributed by atoms with van der Waals surface area (Å²) in [6, 6.07) is 22.6. The summed E-state index contributed by atoms with van der Waals surface area (Å²) < 4.78 is 2.22. The number of imidazole rings is 1. The van der Waals surface area contributed by atoms with Gasteiger partial charge in [-0.25, -0.2) is 4.98 Å². The van der Waals surface area contributed by atoms with Crippen molar-refractivity contribution in [2.24, 2.45) is 0 Å². The van der Waals surface area contributed by atoms with Gasteiger partial charge in [-0.05, 0) is 53.0 Å². The van der Waals surface area contributed by atoms with Gasteiger partial charge in [0.05, 0.1) is 11.0 Å². The number of hydrogen-bond donors (Lipinski definition) is 0. The summed E-state index contributed by atoms with van der Waals surface area (Å²) in [7, 11) is 0. The first-order chi connectivity index (χ1) is 14.3. The van der Waals surface area contributed by atoms with Crippen LogP contribution in [0.5, 0.6) is 0 Å². The zero-order valence-corrected chi connectivity index (χ0v) is 18.9. The molecular formula is C26H24Cl2N2. The third kappa shape index (κ3) is 4.30. The van der Waals surface area contributed by atoms with Gasteiger partial charge in [-0.2, -0.15) is 0 Å². The van der Waals surface area contributed by atoms with E-state index >= 15 is 0 Å². The lowest BCUT2D eigenvalue weighted by atomic mass is 9.87. The molecule has 30 heavy (non-hydrogen) atoms. The molecule has 4 rings (SSSR count). The molecule has 152 valence electrons. The highest BCUT2D eigenvalue weighted by Crippen LogP contribution is 2.28. The van der Waals surface area contributed by atoms with Gasteiger partial charge in [-0.15, -0.1) is 0 Å². The molecule has 0 aliphatic rings. The molecule has 0 bridgehead atoms. The number of rotatable bonds is 4. The molecule has 4 heteroatoms. The van der Waals surface area contributed by atoms with Crippen LogP contribution in [0.2, 0.25) is 10.0 Å². The predicted octanol–water partition coefficient (Wildman–Crippen LogP) is 7.86. The zero-order chi connectivity index (χ0) is 21.3. The van der Waals surface area contributed by atoms with E-state index in [1.807, 2.05) is 48.6 Å². The maximum atomic E-state index is 6.33. The molecule has 4 aromatic rings. The largest absolute Gasteiger partial charge is 0.320 e. The summed E-state index contributed by atoms with van der Waals surface area (Å²) in [6.45, 7) is 7.43. The number of nitrogens with zero attached hydrogens (tertiary/aromatic N) is 2. The monoisotopic (exact) mass is 434 g/mol. The van der Waals surface area contributed by atoms with Crippen LogP contribution in [0.15, 0.2) is 66.7 Å². The SMILES string of the molecule is CC(C)(C)c1ccc(Cn2c(/C=C/c3c(Cl)cccc3Cl)nc3ccccc32)cc1. The fraction of sp³-hybridized carbons (Fsp3) is 0.192. The Hall–Kier alpha value is -2.55. The number of hydrogen-bond acceptors (Lipinski definition) is 1. The number of aromatic nitrogens is 2. The van der Waals surface area contributed by atoms with E-state index in [1.54, 1.807) is 0 Å². The van der Waals surface area contributed by atoms with Gasteiger partial charge in [-0.3, -0.25) is 0 Å². The molecule has 0 radical (unpaired) electrons. The summed E-state index contributed by atoms with van der Waals surface area (Å²) in [5, 5.41) is 1.25. The van der Waals surface area contributed by atoms with Crippen molar-refractivity contribution in [3.8, 4) is 0 Å².